The maximum absolute atomic E-state index is 6.05. The van der Waals surface area contributed by atoms with Crippen LogP contribution in [0.25, 0.3) is 0 Å². The molecule has 0 spiro atoms. The normalized spacial score (nSPS) is 20.3. The summed E-state index contributed by atoms with van der Waals surface area (Å²) in [6, 6.07) is 34.9. The molecule has 0 radical (unpaired) electrons. The fraction of sp³-hybridized carbons (Fsp3) is 0.364. The van der Waals surface area contributed by atoms with Crippen LogP contribution in [0.3, 0.4) is 0 Å². The molecule has 0 saturated heterocycles. The molecule has 0 atom stereocenters. The summed E-state index contributed by atoms with van der Waals surface area (Å²) in [7, 11) is 0. The van der Waals surface area contributed by atoms with Crippen LogP contribution in [0, 0.1) is 0 Å². The number of hydrogen-bond donors (Lipinski definition) is 0. The van der Waals surface area contributed by atoms with Gasteiger partial charge in [0.2, 0.25) is 23.6 Å². The first-order valence-electron chi connectivity index (χ1n) is 18.6. The number of benzene rings is 4. The van der Waals surface area contributed by atoms with Crippen molar-refractivity contribution >= 4 is 51.6 Å². The Morgan fingerprint density at radius 2 is 0.537 bits per heavy atom. The van der Waals surface area contributed by atoms with Gasteiger partial charge in [-0.15, -0.1) is 0 Å². The average molecular weight is 731 g/mol. The van der Waals surface area contributed by atoms with E-state index in [0.717, 1.165) is 44.1 Å². The summed E-state index contributed by atoms with van der Waals surface area (Å²) in [5, 5.41) is 0. The van der Waals surface area contributed by atoms with E-state index in [2.05, 4.69) is 152 Å². The number of aliphatic imine (C=N–C) groups is 4. The molecule has 4 aliphatic heterocycles. The van der Waals surface area contributed by atoms with Gasteiger partial charge in [0, 0.05) is 22.3 Å². The average Bonchev–Trinajstić information content (AvgIpc) is 3.90. The quantitative estimate of drug-likeness (QED) is 0.261. The maximum atomic E-state index is 6.05. The van der Waals surface area contributed by atoms with Gasteiger partial charge in [0.25, 0.3) is 0 Å². The Kier molecular flexibility index (Phi) is 9.77. The second-order valence-corrected chi connectivity index (χ2v) is 17.4. The van der Waals surface area contributed by atoms with Crippen molar-refractivity contribution in [3.63, 3.8) is 0 Å². The first-order valence-corrected chi connectivity index (χ1v) is 18.6. The van der Waals surface area contributed by atoms with Gasteiger partial charge in [-0.25, -0.2) is 20.0 Å². The van der Waals surface area contributed by atoms with Crippen molar-refractivity contribution in [2.75, 3.05) is 26.4 Å². The summed E-state index contributed by atoms with van der Waals surface area (Å²) in [4.78, 5) is 19.4. The molecule has 0 aromatic heterocycles. The van der Waals surface area contributed by atoms with Gasteiger partial charge in [-0.05, 0) is 55.4 Å². The molecule has 0 aliphatic carbocycles. The number of rotatable bonds is 8. The molecule has 0 bridgehead atoms. The fourth-order valence-electron chi connectivity index (χ4n) is 7.74. The molecule has 4 aromatic carbocycles. The van der Waals surface area contributed by atoms with Gasteiger partial charge in [-0.2, -0.15) is 21.9 Å². The van der Waals surface area contributed by atoms with E-state index in [4.69, 9.17) is 38.9 Å². The number of hydrogen-bond acceptors (Lipinski definition) is 8. The fourth-order valence-corrected chi connectivity index (χ4v) is 7.74. The molecule has 8 nitrogen and oxygen atoms in total. The molecule has 0 saturated carbocycles. The van der Waals surface area contributed by atoms with E-state index in [1.54, 1.807) is 0 Å². The molecule has 0 N–H and O–H groups in total. The predicted octanol–water partition coefficient (Wildman–Crippen LogP) is 2.29. The molecule has 54 heavy (non-hydrogen) atoms. The molecular formula is C44H48BN4NaO4. The zero-order valence-corrected chi connectivity index (χ0v) is 35.1. The van der Waals surface area contributed by atoms with Crippen molar-refractivity contribution in [1.82, 2.24) is 0 Å². The van der Waals surface area contributed by atoms with Gasteiger partial charge in [-0.3, -0.25) is 0 Å². The van der Waals surface area contributed by atoms with Crippen molar-refractivity contribution < 1.29 is 48.5 Å². The van der Waals surface area contributed by atoms with Crippen LogP contribution in [0.15, 0.2) is 117 Å². The third-order valence-electron chi connectivity index (χ3n) is 10.5. The molecule has 0 unspecified atom stereocenters. The minimum Gasteiger partial charge on any atom is -0.475 e. The Bertz CT molecular complexity index is 1850. The van der Waals surface area contributed by atoms with E-state index in [1.807, 2.05) is 0 Å². The largest absolute Gasteiger partial charge is 1.00 e. The molecule has 0 amide bonds. The number of ether oxygens (including phenoxy) is 4. The molecule has 4 heterocycles. The monoisotopic (exact) mass is 730 g/mol. The van der Waals surface area contributed by atoms with Crippen molar-refractivity contribution in [3.05, 3.63) is 119 Å². The van der Waals surface area contributed by atoms with Crippen LogP contribution in [0.4, 0.5) is 0 Å². The maximum Gasteiger partial charge on any atom is 1.00 e. The van der Waals surface area contributed by atoms with E-state index in [9.17, 15) is 0 Å². The van der Waals surface area contributed by atoms with Gasteiger partial charge >= 0.3 is 29.6 Å². The minimum absolute atomic E-state index is 0. The molecule has 4 aromatic rings. The summed E-state index contributed by atoms with van der Waals surface area (Å²) < 4.78 is 24.2. The van der Waals surface area contributed by atoms with Crippen LogP contribution in [-0.4, -0.2) is 78.3 Å². The topological polar surface area (TPSA) is 86.4 Å². The summed E-state index contributed by atoms with van der Waals surface area (Å²) >= 11 is 0. The summed E-state index contributed by atoms with van der Waals surface area (Å²) in [6.45, 7) is 19.0. The molecular weight excluding hydrogens is 682 g/mol. The molecule has 4 aliphatic rings. The third-order valence-corrected chi connectivity index (χ3v) is 10.5. The zero-order chi connectivity index (χ0) is 37.2. The second-order valence-electron chi connectivity index (χ2n) is 17.4. The summed E-state index contributed by atoms with van der Waals surface area (Å²) in [6.07, 6.45) is -1.75. The van der Waals surface area contributed by atoms with E-state index in [-0.39, 0.29) is 51.7 Å². The smallest absolute Gasteiger partial charge is 0.475 e. The van der Waals surface area contributed by atoms with Gasteiger partial charge in [0.15, 0.2) is 0 Å². The second kappa shape index (κ2) is 13.8. The Balaban J connectivity index is 0.00000450. The van der Waals surface area contributed by atoms with E-state index >= 15 is 0 Å². The summed E-state index contributed by atoms with van der Waals surface area (Å²) in [5.74, 6) is 2.72. The van der Waals surface area contributed by atoms with Crippen molar-refractivity contribution in [2.24, 2.45) is 20.0 Å². The first kappa shape index (κ1) is 38.1. The van der Waals surface area contributed by atoms with E-state index in [1.165, 1.54) is 0 Å². The standard InChI is InChI=1S/C44H48BN4O4.Na/c1-41(2)25-50-37(46-41)29-9-17-33(18-10-29)45(34-19-11-30(12-20-34)38-47-42(3,4)26-51-38,35-21-13-31(14-22-35)39-48-43(5,6)27-52-39)36-23-15-32(16-24-36)40-49-44(7,8)28-53-40;/h9-24H,25-28H2,1-8H3;/q-1;+1. The van der Waals surface area contributed by atoms with Crippen LogP contribution >= 0.6 is 0 Å². The van der Waals surface area contributed by atoms with Crippen LogP contribution in [0.1, 0.15) is 77.6 Å². The van der Waals surface area contributed by atoms with Crippen molar-refractivity contribution in [1.29, 1.82) is 0 Å². The van der Waals surface area contributed by atoms with Gasteiger partial charge in [0.1, 0.15) is 32.6 Å². The van der Waals surface area contributed by atoms with Gasteiger partial charge in [0.05, 0.1) is 22.2 Å². The molecule has 8 rings (SSSR count). The Morgan fingerprint density at radius 1 is 0.352 bits per heavy atom. The van der Waals surface area contributed by atoms with Gasteiger partial charge in [-0.1, -0.05) is 97.1 Å². The van der Waals surface area contributed by atoms with E-state index in [0.29, 0.717) is 50.0 Å². The Hall–Kier alpha value is -4.18. The van der Waals surface area contributed by atoms with Crippen LogP contribution in [0.5, 0.6) is 0 Å². The van der Waals surface area contributed by atoms with Crippen LogP contribution in [-0.2, 0) is 18.9 Å². The van der Waals surface area contributed by atoms with Crippen molar-refractivity contribution in [3.8, 4) is 0 Å². The predicted molar refractivity (Wildman–Crippen MR) is 216 cm³/mol. The summed E-state index contributed by atoms with van der Waals surface area (Å²) in [5.41, 5.74) is 7.46. The van der Waals surface area contributed by atoms with Crippen molar-refractivity contribution in [2.45, 2.75) is 77.5 Å². The van der Waals surface area contributed by atoms with E-state index < -0.39 is 6.15 Å². The Labute approximate surface area is 341 Å². The Morgan fingerprint density at radius 3 is 0.685 bits per heavy atom. The molecule has 272 valence electrons. The van der Waals surface area contributed by atoms with Crippen LogP contribution < -0.4 is 51.4 Å². The first-order chi connectivity index (χ1) is 25.1. The molecule has 0 fully saturated rings. The number of nitrogens with zero attached hydrogens (tertiary/aromatic N) is 4. The SMILES string of the molecule is CC1(C)COC(c2ccc([B-](c3ccc(C4=NC(C)(C)CO4)cc3)(c3ccc(C4=NC(C)(C)CO4)cc3)c3ccc(C4=NC(C)(C)CO4)cc3)cc2)=N1.[Na+]. The third kappa shape index (κ3) is 7.30. The minimum atomic E-state index is -1.75. The molecule has 10 heteroatoms. The van der Waals surface area contributed by atoms with Crippen LogP contribution in [0.2, 0.25) is 0 Å². The van der Waals surface area contributed by atoms with Gasteiger partial charge < -0.3 is 18.9 Å². The zero-order valence-electron chi connectivity index (χ0n) is 33.1.